The summed E-state index contributed by atoms with van der Waals surface area (Å²) in [4.78, 5) is 28.9. The molecular weight excluding hydrogens is 521 g/mol. The van der Waals surface area contributed by atoms with Gasteiger partial charge in [0.05, 0.1) is 16.4 Å². The van der Waals surface area contributed by atoms with Crippen molar-refractivity contribution >= 4 is 23.6 Å². The van der Waals surface area contributed by atoms with Crippen LogP contribution in [0.15, 0.2) is 54.6 Å². The highest BCUT2D eigenvalue weighted by atomic mass is 35.5. The van der Waals surface area contributed by atoms with Crippen LogP contribution in [0.5, 0.6) is 0 Å². The van der Waals surface area contributed by atoms with Crippen molar-refractivity contribution in [1.29, 1.82) is 0 Å². The minimum atomic E-state index is -4.64. The first-order valence-electron chi connectivity index (χ1n) is 12.1. The Morgan fingerprint density at radius 1 is 0.921 bits per heavy atom. The third-order valence-electron chi connectivity index (χ3n) is 5.94. The maximum Gasteiger partial charge on any atom is 0.435 e. The van der Waals surface area contributed by atoms with Crippen LogP contribution in [0.25, 0.3) is 16.9 Å². The highest BCUT2D eigenvalue weighted by Gasteiger charge is 2.35. The number of aromatic nitrogens is 2. The molecule has 1 fully saturated rings. The van der Waals surface area contributed by atoms with Gasteiger partial charge in [-0.2, -0.15) is 18.3 Å². The molecule has 0 radical (unpaired) electrons. The van der Waals surface area contributed by atoms with E-state index >= 15 is 0 Å². The van der Waals surface area contributed by atoms with Crippen LogP contribution in [0.4, 0.5) is 18.0 Å². The second kappa shape index (κ2) is 10.7. The van der Waals surface area contributed by atoms with Gasteiger partial charge in [-0.15, -0.1) is 0 Å². The van der Waals surface area contributed by atoms with Crippen molar-refractivity contribution in [3.63, 3.8) is 0 Å². The van der Waals surface area contributed by atoms with Crippen molar-refractivity contribution in [3.8, 4) is 16.9 Å². The molecule has 0 N–H and O–H groups in total. The second-order valence-corrected chi connectivity index (χ2v) is 10.4. The summed E-state index contributed by atoms with van der Waals surface area (Å²) >= 11 is 6.24. The second-order valence-electron chi connectivity index (χ2n) is 9.97. The van der Waals surface area contributed by atoms with E-state index in [0.29, 0.717) is 49.4 Å². The molecular formula is C27H28ClF3N4O3. The fourth-order valence-electron chi connectivity index (χ4n) is 4.13. The smallest absolute Gasteiger partial charge is 0.435 e. The van der Waals surface area contributed by atoms with Crippen LogP contribution in [-0.4, -0.2) is 63.4 Å². The van der Waals surface area contributed by atoms with E-state index in [1.165, 1.54) is 0 Å². The minimum Gasteiger partial charge on any atom is -0.444 e. The van der Waals surface area contributed by atoms with Crippen molar-refractivity contribution in [2.45, 2.75) is 39.0 Å². The molecule has 2 aromatic carbocycles. The van der Waals surface area contributed by atoms with Gasteiger partial charge in [-0.3, -0.25) is 4.79 Å². The number of halogens is 4. The molecule has 38 heavy (non-hydrogen) atoms. The first-order chi connectivity index (χ1) is 17.8. The van der Waals surface area contributed by atoms with Gasteiger partial charge in [0, 0.05) is 37.3 Å². The number of hydrogen-bond acceptors (Lipinski definition) is 4. The number of carbonyl (C=O) groups excluding carboxylic acids is 2. The lowest BCUT2D eigenvalue weighted by Crippen LogP contribution is -2.40. The Hall–Kier alpha value is -3.53. The van der Waals surface area contributed by atoms with Gasteiger partial charge in [0.2, 0.25) is 0 Å². The Balaban J connectivity index is 1.54. The van der Waals surface area contributed by atoms with E-state index < -0.39 is 23.6 Å². The number of ether oxygens (including phenoxy) is 1. The SMILES string of the molecule is CC(C)(C)OC(=O)N1CCCN(C(=O)c2ccc(-c3cc(C(F)(F)F)nn3-c3ccccc3Cl)cc2)CC1. The summed E-state index contributed by atoms with van der Waals surface area (Å²) in [6.45, 7) is 7.03. The van der Waals surface area contributed by atoms with E-state index in [-0.39, 0.29) is 16.6 Å². The molecule has 0 unspecified atom stereocenters. The van der Waals surface area contributed by atoms with Crippen LogP contribution in [0.2, 0.25) is 5.02 Å². The third-order valence-corrected chi connectivity index (χ3v) is 6.26. The summed E-state index contributed by atoms with van der Waals surface area (Å²) in [6.07, 6.45) is -4.46. The van der Waals surface area contributed by atoms with Gasteiger partial charge < -0.3 is 14.5 Å². The summed E-state index contributed by atoms with van der Waals surface area (Å²) in [7, 11) is 0. The fourth-order valence-corrected chi connectivity index (χ4v) is 4.34. The monoisotopic (exact) mass is 548 g/mol. The van der Waals surface area contributed by atoms with E-state index in [1.807, 2.05) is 0 Å². The summed E-state index contributed by atoms with van der Waals surface area (Å²) in [5, 5.41) is 4.01. The average Bonchev–Trinajstić information content (AvgIpc) is 3.14. The quantitative estimate of drug-likeness (QED) is 0.385. The number of para-hydroxylation sites is 1. The van der Waals surface area contributed by atoms with Gasteiger partial charge in [0.15, 0.2) is 5.69 Å². The molecule has 1 aromatic heterocycles. The molecule has 0 bridgehead atoms. The molecule has 4 rings (SSSR count). The molecule has 202 valence electrons. The first kappa shape index (κ1) is 27.5. The van der Waals surface area contributed by atoms with Crippen molar-refractivity contribution in [2.24, 2.45) is 0 Å². The van der Waals surface area contributed by atoms with Crippen LogP contribution < -0.4 is 0 Å². The van der Waals surface area contributed by atoms with Crippen molar-refractivity contribution in [3.05, 3.63) is 70.9 Å². The Morgan fingerprint density at radius 2 is 1.55 bits per heavy atom. The Kier molecular flexibility index (Phi) is 7.73. The number of nitrogens with zero attached hydrogens (tertiary/aromatic N) is 4. The predicted molar refractivity (Wildman–Crippen MR) is 137 cm³/mol. The first-order valence-corrected chi connectivity index (χ1v) is 12.5. The molecule has 3 aromatic rings. The molecule has 2 amide bonds. The zero-order valence-corrected chi connectivity index (χ0v) is 22.0. The molecule has 1 saturated heterocycles. The Morgan fingerprint density at radius 3 is 2.18 bits per heavy atom. The average molecular weight is 549 g/mol. The van der Waals surface area contributed by atoms with Gasteiger partial charge in [-0.1, -0.05) is 35.9 Å². The molecule has 1 aliphatic rings. The van der Waals surface area contributed by atoms with Gasteiger partial charge in [0.25, 0.3) is 5.91 Å². The van der Waals surface area contributed by atoms with E-state index in [2.05, 4.69) is 5.10 Å². The predicted octanol–water partition coefficient (Wildman–Crippen LogP) is 6.29. The van der Waals surface area contributed by atoms with Crippen molar-refractivity contribution < 1.29 is 27.5 Å². The zero-order chi connectivity index (χ0) is 27.7. The van der Waals surface area contributed by atoms with Gasteiger partial charge in [-0.05, 0) is 57.5 Å². The highest BCUT2D eigenvalue weighted by molar-refractivity contribution is 6.32. The van der Waals surface area contributed by atoms with Crippen LogP contribution >= 0.6 is 11.6 Å². The normalized spacial score (nSPS) is 14.8. The molecule has 0 aliphatic carbocycles. The van der Waals surface area contributed by atoms with Crippen molar-refractivity contribution in [1.82, 2.24) is 19.6 Å². The van der Waals surface area contributed by atoms with Gasteiger partial charge in [0.1, 0.15) is 5.60 Å². The molecule has 0 spiro atoms. The Labute approximate surface area is 223 Å². The number of alkyl halides is 3. The molecule has 11 heteroatoms. The largest absolute Gasteiger partial charge is 0.444 e. The standard InChI is InChI=1S/C27H28ClF3N4O3/c1-26(2,3)38-25(37)34-14-6-13-33(15-16-34)24(36)19-11-9-18(10-12-19)22-17-23(27(29,30)31)32-35(22)21-8-5-4-7-20(21)28/h4-5,7-12,17H,6,13-16H2,1-3H3. The number of benzene rings is 2. The maximum atomic E-state index is 13.5. The summed E-state index contributed by atoms with van der Waals surface area (Å²) in [5.41, 5.74) is -0.337. The highest BCUT2D eigenvalue weighted by Crippen LogP contribution is 2.34. The van der Waals surface area contributed by atoms with Crippen LogP contribution in [0.1, 0.15) is 43.2 Å². The number of hydrogen-bond donors (Lipinski definition) is 0. The maximum absolute atomic E-state index is 13.5. The molecule has 0 saturated carbocycles. The number of carbonyl (C=O) groups is 2. The van der Waals surface area contributed by atoms with Crippen LogP contribution in [-0.2, 0) is 10.9 Å². The Bertz CT molecular complexity index is 1320. The topological polar surface area (TPSA) is 67.7 Å². The van der Waals surface area contributed by atoms with Gasteiger partial charge in [-0.25, -0.2) is 9.48 Å². The van der Waals surface area contributed by atoms with Crippen molar-refractivity contribution in [2.75, 3.05) is 26.2 Å². The van der Waals surface area contributed by atoms with Crippen LogP contribution in [0, 0.1) is 0 Å². The minimum absolute atomic E-state index is 0.187. The lowest BCUT2D eigenvalue weighted by Gasteiger charge is -2.26. The molecule has 2 heterocycles. The van der Waals surface area contributed by atoms with E-state index in [4.69, 9.17) is 16.3 Å². The summed E-state index contributed by atoms with van der Waals surface area (Å²) in [6, 6.07) is 13.8. The summed E-state index contributed by atoms with van der Waals surface area (Å²) in [5.74, 6) is -0.224. The van der Waals surface area contributed by atoms with Gasteiger partial charge >= 0.3 is 12.3 Å². The lowest BCUT2D eigenvalue weighted by atomic mass is 10.1. The molecule has 7 nitrogen and oxygen atoms in total. The third kappa shape index (κ3) is 6.30. The lowest BCUT2D eigenvalue weighted by molar-refractivity contribution is -0.141. The fraction of sp³-hybridized carbons (Fsp3) is 0.370. The van der Waals surface area contributed by atoms with E-state index in [9.17, 15) is 22.8 Å². The van der Waals surface area contributed by atoms with Crippen LogP contribution in [0.3, 0.4) is 0 Å². The molecule has 0 atom stereocenters. The zero-order valence-electron chi connectivity index (χ0n) is 21.3. The molecule has 1 aliphatic heterocycles. The number of amides is 2. The number of rotatable bonds is 3. The summed E-state index contributed by atoms with van der Waals surface area (Å²) < 4.78 is 47.1. The van der Waals surface area contributed by atoms with E-state index in [0.717, 1.165) is 10.7 Å². The van der Waals surface area contributed by atoms with E-state index in [1.54, 1.807) is 79.1 Å².